The number of nitrogens with one attached hydrogen (secondary N) is 1. The third kappa shape index (κ3) is 6.43. The molecule has 0 heterocycles. The molecular formula is C17H15N2O4. The van der Waals surface area contributed by atoms with E-state index < -0.39 is 12.2 Å². The van der Waals surface area contributed by atoms with Crippen LogP contribution in [0.25, 0.3) is 0 Å². The Morgan fingerprint density at radius 3 is 1.96 bits per heavy atom. The molecule has 0 spiro atoms. The van der Waals surface area contributed by atoms with Gasteiger partial charge in [0.2, 0.25) is 0 Å². The monoisotopic (exact) mass is 311 g/mol. The number of hydrogen-bond donors (Lipinski definition) is 1. The smallest absolute Gasteiger partial charge is 0.436 e. The summed E-state index contributed by atoms with van der Waals surface area (Å²) in [5.74, 6) is 0. The van der Waals surface area contributed by atoms with Gasteiger partial charge < -0.3 is 9.47 Å². The fourth-order valence-electron chi connectivity index (χ4n) is 1.63. The minimum absolute atomic E-state index is 0.101. The molecule has 117 valence electrons. The molecule has 0 fully saturated rings. The molecule has 0 atom stereocenters. The SMILES string of the molecule is O=C(/N=[C]/NC(=O)OCc1ccccc1)OCc1ccccc1. The molecule has 0 aromatic heterocycles. The summed E-state index contributed by atoms with van der Waals surface area (Å²) in [4.78, 5) is 26.0. The zero-order valence-electron chi connectivity index (χ0n) is 12.3. The highest BCUT2D eigenvalue weighted by Gasteiger charge is 2.03. The first kappa shape index (κ1) is 16.2. The fraction of sp³-hybridized carbons (Fsp3) is 0.118. The molecule has 2 amide bonds. The minimum Gasteiger partial charge on any atom is -0.444 e. The number of alkyl carbamates (subject to hydrolysis) is 1. The Kier molecular flexibility index (Phi) is 6.34. The number of aliphatic imine (C=N–C) groups is 1. The van der Waals surface area contributed by atoms with Gasteiger partial charge in [0.05, 0.1) is 0 Å². The van der Waals surface area contributed by atoms with Gasteiger partial charge in [0.25, 0.3) is 0 Å². The lowest BCUT2D eigenvalue weighted by atomic mass is 10.2. The molecule has 1 radical (unpaired) electrons. The van der Waals surface area contributed by atoms with Crippen LogP contribution in [0.5, 0.6) is 0 Å². The van der Waals surface area contributed by atoms with Crippen molar-refractivity contribution < 1.29 is 19.1 Å². The number of benzene rings is 2. The predicted octanol–water partition coefficient (Wildman–Crippen LogP) is 3.15. The van der Waals surface area contributed by atoms with Crippen molar-refractivity contribution in [1.29, 1.82) is 0 Å². The number of nitrogens with zero attached hydrogens (tertiary/aromatic N) is 1. The molecule has 0 saturated heterocycles. The van der Waals surface area contributed by atoms with E-state index in [1.165, 1.54) is 0 Å². The third-order valence-corrected chi connectivity index (χ3v) is 2.72. The van der Waals surface area contributed by atoms with E-state index in [1.807, 2.05) is 60.7 Å². The maximum Gasteiger partial charge on any atom is 0.436 e. The quantitative estimate of drug-likeness (QED) is 0.523. The molecular weight excluding hydrogens is 296 g/mol. The minimum atomic E-state index is -0.850. The topological polar surface area (TPSA) is 77.0 Å². The van der Waals surface area contributed by atoms with Gasteiger partial charge in [-0.2, -0.15) is 4.99 Å². The second kappa shape index (κ2) is 8.99. The molecule has 2 aromatic rings. The van der Waals surface area contributed by atoms with Crippen molar-refractivity contribution in [3.8, 4) is 0 Å². The zero-order valence-corrected chi connectivity index (χ0v) is 12.3. The van der Waals surface area contributed by atoms with Crippen molar-refractivity contribution >= 4 is 18.5 Å². The van der Waals surface area contributed by atoms with Crippen molar-refractivity contribution in [2.45, 2.75) is 13.2 Å². The number of carbonyl (C=O) groups is 2. The van der Waals surface area contributed by atoms with Crippen LogP contribution in [-0.4, -0.2) is 18.5 Å². The molecule has 0 saturated carbocycles. The summed E-state index contributed by atoms with van der Waals surface area (Å²) in [6.45, 7) is 0.218. The first-order chi connectivity index (χ1) is 11.2. The molecule has 0 bridgehead atoms. The van der Waals surface area contributed by atoms with Gasteiger partial charge in [0.1, 0.15) is 13.2 Å². The molecule has 0 aliphatic rings. The van der Waals surface area contributed by atoms with Crippen LogP contribution in [-0.2, 0) is 22.7 Å². The number of carbonyl (C=O) groups excluding carboxylic acids is 2. The Labute approximate surface area is 133 Å². The fourth-order valence-corrected chi connectivity index (χ4v) is 1.63. The normalized spacial score (nSPS) is 10.3. The van der Waals surface area contributed by atoms with Crippen LogP contribution in [0.1, 0.15) is 11.1 Å². The lowest BCUT2D eigenvalue weighted by molar-refractivity contribution is 0.145. The second-order valence-corrected chi connectivity index (χ2v) is 4.45. The van der Waals surface area contributed by atoms with Crippen LogP contribution in [0.4, 0.5) is 9.59 Å². The lowest BCUT2D eigenvalue weighted by Gasteiger charge is -2.03. The molecule has 2 aromatic carbocycles. The summed E-state index contributed by atoms with van der Waals surface area (Å²) in [6.07, 6.45) is 0.478. The Morgan fingerprint density at radius 1 is 0.870 bits per heavy atom. The number of rotatable bonds is 5. The van der Waals surface area contributed by atoms with Gasteiger partial charge in [0, 0.05) is 0 Å². The number of ether oxygens (including phenoxy) is 2. The summed E-state index contributed by atoms with van der Waals surface area (Å²) < 4.78 is 9.79. The van der Waals surface area contributed by atoms with Crippen LogP contribution in [0.2, 0.25) is 0 Å². The predicted molar refractivity (Wildman–Crippen MR) is 83.8 cm³/mol. The van der Waals surface area contributed by atoms with E-state index in [2.05, 4.69) is 16.6 Å². The van der Waals surface area contributed by atoms with Crippen molar-refractivity contribution in [3.05, 3.63) is 71.8 Å². The molecule has 0 aliphatic carbocycles. The molecule has 23 heavy (non-hydrogen) atoms. The van der Waals surface area contributed by atoms with Crippen molar-refractivity contribution in [3.63, 3.8) is 0 Å². The number of amides is 2. The molecule has 1 N–H and O–H groups in total. The van der Waals surface area contributed by atoms with Gasteiger partial charge in [0.15, 0.2) is 6.34 Å². The third-order valence-electron chi connectivity index (χ3n) is 2.72. The standard InChI is InChI=1S/C17H15N2O4/c20-16(22-11-14-7-3-1-4-8-14)18-13-19-17(21)23-12-15-9-5-2-6-10-15/h1-10H,11-12H2,(H,18,19,20,21). The van der Waals surface area contributed by atoms with E-state index in [0.29, 0.717) is 0 Å². The van der Waals surface area contributed by atoms with Gasteiger partial charge in [-0.05, 0) is 11.1 Å². The van der Waals surface area contributed by atoms with Crippen LogP contribution in [0.15, 0.2) is 65.7 Å². The van der Waals surface area contributed by atoms with Crippen LogP contribution < -0.4 is 5.32 Å². The Morgan fingerprint density at radius 2 is 1.39 bits per heavy atom. The number of hydrogen-bond acceptors (Lipinski definition) is 4. The van der Waals surface area contributed by atoms with Crippen molar-refractivity contribution in [2.24, 2.45) is 4.99 Å². The highest BCUT2D eigenvalue weighted by Crippen LogP contribution is 2.01. The van der Waals surface area contributed by atoms with Crippen LogP contribution in [0, 0.1) is 0 Å². The van der Waals surface area contributed by atoms with E-state index in [-0.39, 0.29) is 13.2 Å². The molecule has 0 aliphatic heterocycles. The molecule has 0 unspecified atom stereocenters. The molecule has 6 nitrogen and oxygen atoms in total. The highest BCUT2D eigenvalue weighted by atomic mass is 16.6. The summed E-state index contributed by atoms with van der Waals surface area (Å²) in [5.41, 5.74) is 1.69. The van der Waals surface area contributed by atoms with Gasteiger partial charge in [-0.1, -0.05) is 60.7 Å². The van der Waals surface area contributed by atoms with Gasteiger partial charge in [-0.25, -0.2) is 9.59 Å². The molecule has 6 heteroatoms. The van der Waals surface area contributed by atoms with Crippen molar-refractivity contribution in [2.75, 3.05) is 0 Å². The Hall–Kier alpha value is -3.15. The van der Waals surface area contributed by atoms with E-state index in [9.17, 15) is 9.59 Å². The van der Waals surface area contributed by atoms with E-state index >= 15 is 0 Å². The van der Waals surface area contributed by atoms with Gasteiger partial charge in [-0.15, -0.1) is 0 Å². The largest absolute Gasteiger partial charge is 0.444 e. The second-order valence-electron chi connectivity index (χ2n) is 4.45. The summed E-state index contributed by atoms with van der Waals surface area (Å²) >= 11 is 0. The zero-order chi connectivity index (χ0) is 16.3. The maximum absolute atomic E-state index is 11.4. The van der Waals surface area contributed by atoms with Crippen LogP contribution in [0.3, 0.4) is 0 Å². The first-order valence-corrected chi connectivity index (χ1v) is 6.87. The Bertz CT molecular complexity index is 657. The van der Waals surface area contributed by atoms with Gasteiger partial charge in [-0.3, -0.25) is 5.32 Å². The molecule has 2 rings (SSSR count). The maximum atomic E-state index is 11.4. The van der Waals surface area contributed by atoms with Crippen molar-refractivity contribution in [1.82, 2.24) is 5.32 Å². The summed E-state index contributed by atoms with van der Waals surface area (Å²) in [5, 5.41) is 2.10. The lowest BCUT2D eigenvalue weighted by Crippen LogP contribution is -2.23. The van der Waals surface area contributed by atoms with E-state index in [0.717, 1.165) is 11.1 Å². The van der Waals surface area contributed by atoms with E-state index in [4.69, 9.17) is 9.47 Å². The average Bonchev–Trinajstić information content (AvgIpc) is 2.60. The van der Waals surface area contributed by atoms with Crippen LogP contribution >= 0.6 is 0 Å². The van der Waals surface area contributed by atoms with Gasteiger partial charge >= 0.3 is 12.2 Å². The average molecular weight is 311 g/mol. The summed E-state index contributed by atoms with van der Waals surface area (Å²) in [7, 11) is 0. The summed E-state index contributed by atoms with van der Waals surface area (Å²) in [6, 6.07) is 18.4. The first-order valence-electron chi connectivity index (χ1n) is 6.87. The highest BCUT2D eigenvalue weighted by molar-refractivity contribution is 5.87. The Balaban J connectivity index is 1.65. The van der Waals surface area contributed by atoms with E-state index in [1.54, 1.807) is 0 Å².